The van der Waals surface area contributed by atoms with E-state index in [4.69, 9.17) is 9.47 Å². The Morgan fingerprint density at radius 2 is 1.68 bits per heavy atom. The SMILES string of the molecule is CN1C(=O)C(Nc2cccc(S(=O)(=O)N(C)C)c2O)=C(N[C@@H](c2ccc3c(c2)OCO3)C(C)(C)C)C1=O. The molecule has 2 amide bonds. The Balaban J connectivity index is 1.77. The number of rotatable bonds is 7. The van der Waals surface area contributed by atoms with Crippen molar-refractivity contribution in [3.63, 3.8) is 0 Å². The largest absolute Gasteiger partial charge is 0.504 e. The van der Waals surface area contributed by atoms with E-state index in [1.807, 2.05) is 32.9 Å². The summed E-state index contributed by atoms with van der Waals surface area (Å²) >= 11 is 0. The van der Waals surface area contributed by atoms with Gasteiger partial charge in [-0.1, -0.05) is 32.9 Å². The highest BCUT2D eigenvalue weighted by atomic mass is 32.2. The molecule has 0 bridgehead atoms. The molecule has 2 aliphatic heterocycles. The summed E-state index contributed by atoms with van der Waals surface area (Å²) in [5, 5.41) is 16.8. The Kier molecular flexibility index (Phi) is 6.59. The summed E-state index contributed by atoms with van der Waals surface area (Å²) in [4.78, 5) is 26.8. The Morgan fingerprint density at radius 3 is 2.32 bits per heavy atom. The fraction of sp³-hybridized carbons (Fsp3) is 0.360. The summed E-state index contributed by atoms with van der Waals surface area (Å²) in [5.41, 5.74) is 0.227. The summed E-state index contributed by atoms with van der Waals surface area (Å²) in [6.07, 6.45) is 0. The third kappa shape index (κ3) is 4.69. The Morgan fingerprint density at radius 1 is 1.03 bits per heavy atom. The Labute approximate surface area is 215 Å². The van der Waals surface area contributed by atoms with E-state index in [1.54, 1.807) is 6.07 Å². The fourth-order valence-corrected chi connectivity index (χ4v) is 5.09. The van der Waals surface area contributed by atoms with Crippen LogP contribution in [0, 0.1) is 5.41 Å². The van der Waals surface area contributed by atoms with Gasteiger partial charge in [-0.25, -0.2) is 12.7 Å². The summed E-state index contributed by atoms with van der Waals surface area (Å²) in [5.74, 6) is -0.574. The minimum absolute atomic E-state index is 0.00892. The zero-order chi connectivity index (χ0) is 27.3. The number of ether oxygens (including phenoxy) is 2. The molecular weight excluding hydrogens is 500 g/mol. The zero-order valence-corrected chi connectivity index (χ0v) is 22.3. The second-order valence-electron chi connectivity index (χ2n) is 10.0. The van der Waals surface area contributed by atoms with Crippen molar-refractivity contribution in [2.75, 3.05) is 33.3 Å². The van der Waals surface area contributed by atoms with Gasteiger partial charge in [0.05, 0.1) is 11.7 Å². The van der Waals surface area contributed by atoms with Gasteiger partial charge in [0.2, 0.25) is 16.8 Å². The number of phenols is 1. The van der Waals surface area contributed by atoms with Crippen LogP contribution in [0.25, 0.3) is 0 Å². The molecule has 1 atom stereocenters. The van der Waals surface area contributed by atoms with Crippen LogP contribution in [0.2, 0.25) is 0 Å². The van der Waals surface area contributed by atoms with Gasteiger partial charge in [0, 0.05) is 21.1 Å². The van der Waals surface area contributed by atoms with E-state index in [0.29, 0.717) is 11.5 Å². The van der Waals surface area contributed by atoms with Gasteiger partial charge in [-0.05, 0) is 35.2 Å². The lowest BCUT2D eigenvalue weighted by molar-refractivity contribution is -0.136. The number of hydrogen-bond acceptors (Lipinski definition) is 9. The maximum absolute atomic E-state index is 13.1. The lowest BCUT2D eigenvalue weighted by atomic mass is 9.82. The topological polar surface area (TPSA) is 138 Å². The van der Waals surface area contributed by atoms with E-state index >= 15 is 0 Å². The fourth-order valence-electron chi connectivity index (χ4n) is 4.09. The van der Waals surface area contributed by atoms with Crippen LogP contribution in [0.15, 0.2) is 52.7 Å². The number of aromatic hydroxyl groups is 1. The third-order valence-corrected chi connectivity index (χ3v) is 8.04. The lowest BCUT2D eigenvalue weighted by Crippen LogP contribution is -2.36. The van der Waals surface area contributed by atoms with Crippen LogP contribution >= 0.6 is 0 Å². The number of amides is 2. The highest BCUT2D eigenvalue weighted by Gasteiger charge is 2.40. The summed E-state index contributed by atoms with van der Waals surface area (Å²) in [7, 11) is 0.0704. The van der Waals surface area contributed by atoms with Crippen molar-refractivity contribution in [2.24, 2.45) is 5.41 Å². The Hall–Kier alpha value is -3.77. The number of phenolic OH excluding ortho intramolecular Hbond substituents is 1. The van der Waals surface area contributed by atoms with E-state index in [2.05, 4.69) is 10.6 Å². The third-order valence-electron chi connectivity index (χ3n) is 6.19. The molecule has 11 nitrogen and oxygen atoms in total. The Bertz CT molecular complexity index is 1410. The number of anilines is 1. The normalized spacial score (nSPS) is 16.6. The van der Waals surface area contributed by atoms with Gasteiger partial charge >= 0.3 is 0 Å². The number of benzene rings is 2. The number of nitrogens with one attached hydrogen (secondary N) is 2. The van der Waals surface area contributed by atoms with Crippen molar-refractivity contribution >= 4 is 27.5 Å². The van der Waals surface area contributed by atoms with Crippen LogP contribution in [-0.2, 0) is 19.6 Å². The van der Waals surface area contributed by atoms with E-state index < -0.39 is 39.0 Å². The van der Waals surface area contributed by atoms with E-state index in [0.717, 1.165) is 14.8 Å². The first-order chi connectivity index (χ1) is 17.2. The summed E-state index contributed by atoms with van der Waals surface area (Å²) in [6.45, 7) is 6.06. The van der Waals surface area contributed by atoms with Crippen LogP contribution in [0.3, 0.4) is 0 Å². The van der Waals surface area contributed by atoms with Gasteiger partial charge in [-0.15, -0.1) is 0 Å². The molecule has 0 saturated heterocycles. The molecular formula is C25H30N4O7S. The molecule has 2 aliphatic rings. The minimum Gasteiger partial charge on any atom is -0.504 e. The molecule has 37 heavy (non-hydrogen) atoms. The number of nitrogens with zero attached hydrogens (tertiary/aromatic N) is 2. The molecule has 198 valence electrons. The summed E-state index contributed by atoms with van der Waals surface area (Å²) < 4.78 is 37.2. The van der Waals surface area contributed by atoms with E-state index in [9.17, 15) is 23.1 Å². The standard InChI is InChI=1S/C25H30N4O7S/c1-25(2,3)22(14-10-11-16-17(12-14)36-13-35-16)27-20-19(23(31)29(6)24(20)32)26-15-8-7-9-18(21(15)30)37(33,34)28(4)5/h7-12,22,26-27,30H,13H2,1-6H3/t22-/m0/s1. The van der Waals surface area contributed by atoms with Gasteiger partial charge in [-0.3, -0.25) is 14.5 Å². The van der Waals surface area contributed by atoms with Gasteiger partial charge in [0.15, 0.2) is 17.2 Å². The molecule has 4 rings (SSSR count). The number of imide groups is 1. The second kappa shape index (κ2) is 9.27. The molecule has 0 spiro atoms. The molecule has 2 aromatic carbocycles. The van der Waals surface area contributed by atoms with E-state index in [1.165, 1.54) is 39.3 Å². The van der Waals surface area contributed by atoms with Crippen molar-refractivity contribution < 1.29 is 32.6 Å². The van der Waals surface area contributed by atoms with Crippen LogP contribution in [0.4, 0.5) is 5.69 Å². The van der Waals surface area contributed by atoms with Gasteiger partial charge in [0.1, 0.15) is 16.3 Å². The maximum Gasteiger partial charge on any atom is 0.279 e. The number of fused-ring (bicyclic) bond motifs is 1. The van der Waals surface area contributed by atoms with Crippen LogP contribution < -0.4 is 20.1 Å². The molecule has 0 fully saturated rings. The van der Waals surface area contributed by atoms with E-state index in [-0.39, 0.29) is 28.8 Å². The molecule has 2 aromatic rings. The molecule has 2 heterocycles. The monoisotopic (exact) mass is 530 g/mol. The number of carbonyl (C=O) groups excluding carboxylic acids is 2. The first-order valence-corrected chi connectivity index (χ1v) is 12.9. The molecule has 3 N–H and O–H groups in total. The van der Waals surface area contributed by atoms with Crippen molar-refractivity contribution in [3.05, 3.63) is 53.4 Å². The van der Waals surface area contributed by atoms with Crippen molar-refractivity contribution in [2.45, 2.75) is 31.7 Å². The first kappa shape index (κ1) is 26.3. The predicted molar refractivity (Wildman–Crippen MR) is 135 cm³/mol. The van der Waals surface area contributed by atoms with Gasteiger partial charge in [-0.2, -0.15) is 0 Å². The summed E-state index contributed by atoms with van der Waals surface area (Å²) in [6, 6.07) is 9.14. The molecule has 0 unspecified atom stereocenters. The predicted octanol–water partition coefficient (Wildman–Crippen LogP) is 2.37. The molecule has 0 radical (unpaired) electrons. The quantitative estimate of drug-likeness (QED) is 0.364. The van der Waals surface area contributed by atoms with Crippen molar-refractivity contribution in [1.29, 1.82) is 0 Å². The van der Waals surface area contributed by atoms with Gasteiger partial charge < -0.3 is 25.2 Å². The number of carbonyl (C=O) groups is 2. The molecule has 0 saturated carbocycles. The molecule has 0 aromatic heterocycles. The van der Waals surface area contributed by atoms with Crippen molar-refractivity contribution in [1.82, 2.24) is 14.5 Å². The van der Waals surface area contributed by atoms with Crippen LogP contribution in [0.1, 0.15) is 32.4 Å². The van der Waals surface area contributed by atoms with Gasteiger partial charge in [0.25, 0.3) is 11.8 Å². The van der Waals surface area contributed by atoms with Crippen LogP contribution in [-0.4, -0.2) is 62.5 Å². The minimum atomic E-state index is -3.96. The zero-order valence-electron chi connectivity index (χ0n) is 21.4. The first-order valence-electron chi connectivity index (χ1n) is 11.5. The lowest BCUT2D eigenvalue weighted by Gasteiger charge is -2.33. The number of likely N-dealkylation sites (N-methyl/N-ethyl adjacent to an activating group) is 1. The smallest absolute Gasteiger partial charge is 0.279 e. The van der Waals surface area contributed by atoms with Crippen molar-refractivity contribution in [3.8, 4) is 17.2 Å². The second-order valence-corrected chi connectivity index (χ2v) is 12.2. The number of para-hydroxylation sites is 1. The highest BCUT2D eigenvalue weighted by molar-refractivity contribution is 7.89. The van der Waals surface area contributed by atoms with Crippen LogP contribution in [0.5, 0.6) is 17.2 Å². The molecule has 12 heteroatoms. The number of sulfonamides is 1. The number of hydrogen-bond donors (Lipinski definition) is 3. The maximum atomic E-state index is 13.1. The average molecular weight is 531 g/mol. The molecule has 0 aliphatic carbocycles. The average Bonchev–Trinajstić information content (AvgIpc) is 3.36. The highest BCUT2D eigenvalue weighted by Crippen LogP contribution is 2.41.